The molecule has 0 spiro atoms. The van der Waals surface area contributed by atoms with Gasteiger partial charge in [-0.25, -0.2) is 27.7 Å². The lowest BCUT2D eigenvalue weighted by molar-refractivity contribution is -0.131. The number of carboxylic acid groups (broad SMARTS) is 1. The molecule has 18 heteroatoms. The van der Waals surface area contributed by atoms with Crippen LogP contribution in [0.25, 0.3) is 0 Å². The van der Waals surface area contributed by atoms with Crippen molar-refractivity contribution in [2.45, 2.75) is 17.1 Å². The number of nitrogens with zero attached hydrogens (tertiary/aromatic N) is 3. The van der Waals surface area contributed by atoms with Crippen molar-refractivity contribution in [2.24, 2.45) is 26.0 Å². The number of thiazole rings is 1. The number of hydrogen-bond acceptors (Lipinski definition) is 9. The van der Waals surface area contributed by atoms with Gasteiger partial charge in [0.1, 0.15) is 16.7 Å². The van der Waals surface area contributed by atoms with Crippen molar-refractivity contribution >= 4 is 66.0 Å². The number of rotatable bonds is 11. The molecule has 1 aromatic heterocycles. The second kappa shape index (κ2) is 12.1. The predicted octanol–water partition coefficient (Wildman–Crippen LogP) is 0.402. The van der Waals surface area contributed by atoms with Crippen LogP contribution in [0.15, 0.2) is 55.0 Å². The minimum absolute atomic E-state index is 0.137. The molecule has 0 radical (unpaired) electrons. The van der Waals surface area contributed by atoms with Gasteiger partial charge in [0.25, 0.3) is 0 Å². The molecule has 0 bridgehead atoms. The molecule has 2 rings (SSSR count). The fraction of sp³-hybridized carbons (Fsp3) is 0.176. The van der Waals surface area contributed by atoms with Gasteiger partial charge < -0.3 is 21.9 Å². The number of nitrogens with two attached hydrogens (primary N) is 3. The standard InChI is InChI=1S/C17H20FN7O6S4/c18-10-1-3-12(4-2-10)34(28,29)14(7-15(26)27)23-13(25-35(21,30)31)5-6-32-8-11-9-33-17(22-11)24-16(19)20/h1-4,7,9H,5-6,8H2,(H,23,25)(H,26,27)(H2,21,30,31)(H4,19,20,22,24). The van der Waals surface area contributed by atoms with E-state index in [9.17, 15) is 26.0 Å². The Morgan fingerprint density at radius 3 is 2.46 bits per heavy atom. The Kier molecular flexibility index (Phi) is 9.72. The third-order valence-corrected chi connectivity index (χ3v) is 7.61. The Labute approximate surface area is 208 Å². The zero-order valence-electron chi connectivity index (χ0n) is 17.7. The van der Waals surface area contributed by atoms with Crippen LogP contribution in [0.3, 0.4) is 0 Å². The zero-order valence-corrected chi connectivity index (χ0v) is 20.9. The maximum atomic E-state index is 13.2. The number of thioether (sulfide) groups is 1. The summed E-state index contributed by atoms with van der Waals surface area (Å²) in [6.07, 6.45) is 0.187. The topological polar surface area (TPSA) is 233 Å². The molecule has 0 saturated heterocycles. The second-order valence-electron chi connectivity index (χ2n) is 6.44. The number of aromatic nitrogens is 1. The van der Waals surface area contributed by atoms with Crippen LogP contribution in [0, 0.1) is 5.82 Å². The summed E-state index contributed by atoms with van der Waals surface area (Å²) in [6, 6.07) is 3.61. The summed E-state index contributed by atoms with van der Waals surface area (Å²) in [4.78, 5) is 18.8. The maximum Gasteiger partial charge on any atom is 0.331 e. The Morgan fingerprint density at radius 1 is 1.23 bits per heavy atom. The molecule has 2 aromatic rings. The third kappa shape index (κ3) is 9.61. The number of aliphatic imine (C=N–C) groups is 1. The van der Waals surface area contributed by atoms with Gasteiger partial charge in [-0.1, -0.05) is 0 Å². The molecule has 0 atom stereocenters. The van der Waals surface area contributed by atoms with Gasteiger partial charge in [-0.2, -0.15) is 25.2 Å². The quantitative estimate of drug-likeness (QED) is 0.0822. The molecule has 0 unspecified atom stereocenters. The van der Waals surface area contributed by atoms with Gasteiger partial charge in [-0.3, -0.25) is 0 Å². The van der Waals surface area contributed by atoms with E-state index in [0.717, 1.165) is 24.3 Å². The maximum absolute atomic E-state index is 13.2. The average molecular weight is 566 g/mol. The Hall–Kier alpha value is -3.06. The summed E-state index contributed by atoms with van der Waals surface area (Å²) >= 11 is 2.50. The predicted molar refractivity (Wildman–Crippen MR) is 131 cm³/mol. The van der Waals surface area contributed by atoms with E-state index < -0.39 is 47.6 Å². The number of halogens is 1. The summed E-state index contributed by atoms with van der Waals surface area (Å²) in [7, 11) is -8.97. The summed E-state index contributed by atoms with van der Waals surface area (Å²) in [5.74, 6) is -2.31. The Morgan fingerprint density at radius 2 is 1.89 bits per heavy atom. The fourth-order valence-corrected chi connectivity index (χ4v) is 5.68. The SMILES string of the molecule is NC(N)=Nc1nc(CSCCC(=NS(N)(=O)=O)NC(=CC(=O)O)S(=O)(=O)c2ccc(F)cc2)cs1. The van der Waals surface area contributed by atoms with Crippen LogP contribution in [0.2, 0.25) is 0 Å². The van der Waals surface area contributed by atoms with E-state index in [2.05, 4.69) is 19.7 Å². The van der Waals surface area contributed by atoms with Crippen molar-refractivity contribution in [3.63, 3.8) is 0 Å². The van der Waals surface area contributed by atoms with E-state index in [1.807, 2.05) is 0 Å². The van der Waals surface area contributed by atoms with Gasteiger partial charge in [0.05, 0.1) is 16.7 Å². The molecule has 13 nitrogen and oxygen atoms in total. The highest BCUT2D eigenvalue weighted by Crippen LogP contribution is 2.22. The molecule has 0 fully saturated rings. The first kappa shape index (κ1) is 28.2. The number of aliphatic carboxylic acids is 1. The molecule has 190 valence electrons. The molecule has 8 N–H and O–H groups in total. The molecular formula is C17H20FN7O6S4. The number of benzene rings is 1. The first-order valence-corrected chi connectivity index (χ1v) is 14.2. The summed E-state index contributed by atoms with van der Waals surface area (Å²) in [5.41, 5.74) is 11.2. The molecule has 35 heavy (non-hydrogen) atoms. The van der Waals surface area contributed by atoms with E-state index in [0.29, 0.717) is 22.7 Å². The van der Waals surface area contributed by atoms with Crippen LogP contribution in [0.4, 0.5) is 9.52 Å². The summed E-state index contributed by atoms with van der Waals surface area (Å²) in [5, 5.41) is 17.5. The Balaban J connectivity index is 2.20. The minimum atomic E-state index is -4.51. The lowest BCUT2D eigenvalue weighted by Crippen LogP contribution is -2.30. The monoisotopic (exact) mass is 565 g/mol. The largest absolute Gasteiger partial charge is 0.478 e. The zero-order chi connectivity index (χ0) is 26.2. The minimum Gasteiger partial charge on any atom is -0.478 e. The van der Waals surface area contributed by atoms with Gasteiger partial charge in [0.15, 0.2) is 5.96 Å². The fourth-order valence-electron chi connectivity index (χ4n) is 2.33. The van der Waals surface area contributed by atoms with Gasteiger partial charge in [-0.15, -0.1) is 15.7 Å². The Bertz CT molecular complexity index is 1370. The van der Waals surface area contributed by atoms with Crippen molar-refractivity contribution in [1.29, 1.82) is 0 Å². The van der Waals surface area contributed by atoms with Crippen molar-refractivity contribution in [2.75, 3.05) is 5.75 Å². The number of carbonyl (C=O) groups is 1. The highest BCUT2D eigenvalue weighted by atomic mass is 32.2. The molecule has 0 aliphatic carbocycles. The molecular weight excluding hydrogens is 545 g/mol. The molecule has 0 aliphatic heterocycles. The van der Waals surface area contributed by atoms with Gasteiger partial charge in [0, 0.05) is 23.3 Å². The number of amidine groups is 1. The number of carboxylic acids is 1. The smallest absolute Gasteiger partial charge is 0.331 e. The van der Waals surface area contributed by atoms with Gasteiger partial charge in [-0.05, 0) is 24.3 Å². The van der Waals surface area contributed by atoms with Crippen molar-refractivity contribution < 1.29 is 31.1 Å². The van der Waals surface area contributed by atoms with Crippen LogP contribution in [0.5, 0.6) is 0 Å². The van der Waals surface area contributed by atoms with E-state index in [4.69, 9.17) is 21.7 Å². The first-order valence-electron chi connectivity index (χ1n) is 9.22. The van der Waals surface area contributed by atoms with Crippen molar-refractivity contribution in [3.8, 4) is 0 Å². The van der Waals surface area contributed by atoms with E-state index in [1.165, 1.54) is 23.1 Å². The van der Waals surface area contributed by atoms with Gasteiger partial charge in [0.2, 0.25) is 15.0 Å². The average Bonchev–Trinajstić information content (AvgIpc) is 3.16. The van der Waals surface area contributed by atoms with Crippen LogP contribution in [-0.2, 0) is 30.6 Å². The third-order valence-electron chi connectivity index (χ3n) is 3.67. The molecule has 1 heterocycles. The normalized spacial score (nSPS) is 12.9. The van der Waals surface area contributed by atoms with E-state index >= 15 is 0 Å². The molecule has 0 aliphatic rings. The van der Waals surface area contributed by atoms with Crippen LogP contribution >= 0.6 is 23.1 Å². The second-order valence-corrected chi connectivity index (χ2v) is 11.5. The van der Waals surface area contributed by atoms with Crippen LogP contribution in [-0.4, -0.2) is 50.4 Å². The summed E-state index contributed by atoms with van der Waals surface area (Å²) < 4.78 is 65.3. The van der Waals surface area contributed by atoms with E-state index in [1.54, 1.807) is 5.38 Å². The van der Waals surface area contributed by atoms with E-state index in [-0.39, 0.29) is 18.1 Å². The van der Waals surface area contributed by atoms with Gasteiger partial charge >= 0.3 is 16.2 Å². The van der Waals surface area contributed by atoms with Crippen LogP contribution < -0.4 is 21.9 Å². The number of guanidine groups is 1. The first-order chi connectivity index (χ1) is 16.3. The molecule has 0 saturated carbocycles. The highest BCUT2D eigenvalue weighted by Gasteiger charge is 2.24. The van der Waals surface area contributed by atoms with Crippen LogP contribution in [0.1, 0.15) is 12.1 Å². The number of hydrogen-bond donors (Lipinski definition) is 5. The lowest BCUT2D eigenvalue weighted by Gasteiger charge is -2.13. The number of sulfone groups is 1. The molecule has 0 amide bonds. The lowest BCUT2D eigenvalue weighted by atomic mass is 10.4. The number of nitrogens with one attached hydrogen (secondary N) is 1. The highest BCUT2D eigenvalue weighted by molar-refractivity contribution is 7.98. The van der Waals surface area contributed by atoms with Crippen molar-refractivity contribution in [1.82, 2.24) is 10.3 Å². The molecule has 1 aromatic carbocycles. The summed E-state index contributed by atoms with van der Waals surface area (Å²) in [6.45, 7) is 0. The van der Waals surface area contributed by atoms with Crippen molar-refractivity contribution in [3.05, 3.63) is 52.3 Å².